The first-order chi connectivity index (χ1) is 8.52. The van der Waals surface area contributed by atoms with Crippen LogP contribution in [0.2, 0.25) is 0 Å². The molecule has 0 heterocycles. The molecule has 2 rings (SSSR count). The smallest absolute Gasteiger partial charge is 0.280 e. The molecule has 0 amide bonds. The van der Waals surface area contributed by atoms with Crippen molar-refractivity contribution in [1.29, 1.82) is 0 Å². The fourth-order valence-electron chi connectivity index (χ4n) is 1.30. The first-order valence-corrected chi connectivity index (χ1v) is 6.56. The Balaban J connectivity index is 0. The van der Waals surface area contributed by atoms with Crippen LogP contribution in [0, 0.1) is 12.2 Å². The maximum Gasteiger partial charge on any atom is 4.00 e. The summed E-state index contributed by atoms with van der Waals surface area (Å²) in [7, 11) is 0. The number of hydrogen-bond donors (Lipinski definition) is 0. The van der Waals surface area contributed by atoms with Crippen molar-refractivity contribution in [3.05, 3.63) is 46.6 Å². The third kappa shape index (κ3) is 10.5. The molecule has 2 aliphatic carbocycles. The Hall–Kier alpha value is 0.0801. The number of allylic oxidation sites excluding steroid dienone is 8. The Labute approximate surface area is 142 Å². The van der Waals surface area contributed by atoms with Gasteiger partial charge in [0, 0.05) is 0 Å². The van der Waals surface area contributed by atoms with Gasteiger partial charge in [-0.25, -0.2) is 22.3 Å². The first kappa shape index (κ1) is 21.4. The van der Waals surface area contributed by atoms with Gasteiger partial charge in [0.2, 0.25) is 0 Å². The van der Waals surface area contributed by atoms with Crippen LogP contribution in [0.1, 0.15) is 47.5 Å². The molecule has 2 aliphatic rings. The quantitative estimate of drug-likeness (QED) is 0.391. The van der Waals surface area contributed by atoms with Crippen molar-refractivity contribution in [2.24, 2.45) is 0 Å². The van der Waals surface area contributed by atoms with E-state index in [1.54, 1.807) is 0 Å². The molecule has 0 fully saturated rings. The Morgan fingerprint density at radius 2 is 1.32 bits per heavy atom. The standard InChI is InChI=1S/2C7H9.C2H5ClO.Hf/c2*1-6-4-3-5-7(6)2;1-2-4-3;/h2*4H,3H2,1-2H3;2H2,1H3;/q2*-1;;+4. The van der Waals surface area contributed by atoms with Gasteiger partial charge in [0.15, 0.2) is 0 Å². The van der Waals surface area contributed by atoms with E-state index in [0.717, 1.165) is 12.8 Å². The molecule has 0 N–H and O–H groups in total. The second-order valence-corrected chi connectivity index (χ2v) is 4.40. The summed E-state index contributed by atoms with van der Waals surface area (Å²) < 4.78 is 4.01. The van der Waals surface area contributed by atoms with Crippen molar-refractivity contribution in [1.82, 2.24) is 0 Å². The van der Waals surface area contributed by atoms with Gasteiger partial charge in [-0.2, -0.15) is 12.2 Å². The molecule has 19 heavy (non-hydrogen) atoms. The molecule has 1 nitrogen and oxygen atoms in total. The van der Waals surface area contributed by atoms with Gasteiger partial charge in [-0.15, -0.1) is 26.7 Å². The third-order valence-electron chi connectivity index (χ3n) is 2.84. The van der Waals surface area contributed by atoms with E-state index in [9.17, 15) is 0 Å². The van der Waals surface area contributed by atoms with Crippen molar-refractivity contribution in [2.75, 3.05) is 6.61 Å². The van der Waals surface area contributed by atoms with E-state index in [1.165, 1.54) is 22.3 Å². The van der Waals surface area contributed by atoms with Crippen molar-refractivity contribution in [3.8, 4) is 0 Å². The van der Waals surface area contributed by atoms with E-state index in [2.05, 4.69) is 68.2 Å². The fraction of sp³-hybridized carbons (Fsp3) is 0.500. The first-order valence-electron chi connectivity index (χ1n) is 6.25. The molecule has 3 heteroatoms. The van der Waals surface area contributed by atoms with Crippen LogP contribution in [0.4, 0.5) is 0 Å². The number of rotatable bonds is 1. The molecule has 0 unspecified atom stereocenters. The predicted octanol–water partition coefficient (Wildman–Crippen LogP) is 5.35. The summed E-state index contributed by atoms with van der Waals surface area (Å²) in [5.41, 5.74) is 5.42. The van der Waals surface area contributed by atoms with Crippen LogP contribution in [-0.2, 0) is 30.1 Å². The molecule has 0 atom stereocenters. The van der Waals surface area contributed by atoms with Gasteiger partial charge >= 0.3 is 25.8 Å². The molecule has 0 bridgehead atoms. The summed E-state index contributed by atoms with van der Waals surface area (Å²) in [6.07, 6.45) is 12.8. The van der Waals surface area contributed by atoms with Crippen LogP contribution in [0.3, 0.4) is 0 Å². The zero-order chi connectivity index (χ0) is 14.0. The summed E-state index contributed by atoms with van der Waals surface area (Å²) in [5.74, 6) is 0. The van der Waals surface area contributed by atoms with E-state index in [1.807, 2.05) is 6.92 Å². The van der Waals surface area contributed by atoms with Crippen molar-refractivity contribution in [3.63, 3.8) is 0 Å². The van der Waals surface area contributed by atoms with E-state index in [-0.39, 0.29) is 25.8 Å². The Bertz CT molecular complexity index is 297. The SMILES string of the molecule is CC1=[C-]CC=C1C.CC1=[C-]CC=C1C.CCOCl.[Hf+4]. The second-order valence-electron chi connectivity index (χ2n) is 4.18. The van der Waals surface area contributed by atoms with Crippen LogP contribution >= 0.6 is 11.9 Å². The zero-order valence-corrected chi connectivity index (χ0v) is 16.9. The summed E-state index contributed by atoms with van der Waals surface area (Å²) in [6, 6.07) is 0. The van der Waals surface area contributed by atoms with Crippen molar-refractivity contribution >= 4 is 11.9 Å². The molecule has 0 saturated carbocycles. The summed E-state index contributed by atoms with van der Waals surface area (Å²) in [4.78, 5) is 0. The van der Waals surface area contributed by atoms with Gasteiger partial charge in [-0.3, -0.25) is 16.4 Å². The second kappa shape index (κ2) is 13.1. The number of halogens is 1. The summed E-state index contributed by atoms with van der Waals surface area (Å²) >= 11 is 4.69. The van der Waals surface area contributed by atoms with Gasteiger partial charge in [-0.05, 0) is 6.92 Å². The zero-order valence-electron chi connectivity index (χ0n) is 12.6. The minimum Gasteiger partial charge on any atom is -0.280 e. The van der Waals surface area contributed by atoms with Crippen LogP contribution in [0.15, 0.2) is 34.4 Å². The van der Waals surface area contributed by atoms with E-state index in [4.69, 9.17) is 0 Å². The van der Waals surface area contributed by atoms with Gasteiger partial charge in [0.25, 0.3) is 0 Å². The van der Waals surface area contributed by atoms with Gasteiger partial charge < -0.3 is 0 Å². The molecule has 0 radical (unpaired) electrons. The van der Waals surface area contributed by atoms with Crippen LogP contribution in [0.25, 0.3) is 0 Å². The molecule has 0 spiro atoms. The maximum absolute atomic E-state index is 4.69. The maximum atomic E-state index is 4.69. The molecule has 0 aromatic heterocycles. The topological polar surface area (TPSA) is 9.23 Å². The van der Waals surface area contributed by atoms with E-state index in [0.29, 0.717) is 6.61 Å². The minimum atomic E-state index is 0. The number of hydrogen-bond acceptors (Lipinski definition) is 1. The Morgan fingerprint density at radius 1 is 1.00 bits per heavy atom. The third-order valence-corrected chi connectivity index (χ3v) is 3.06. The van der Waals surface area contributed by atoms with Gasteiger partial charge in [0.05, 0.1) is 18.5 Å². The van der Waals surface area contributed by atoms with E-state index < -0.39 is 0 Å². The summed E-state index contributed by atoms with van der Waals surface area (Å²) in [5, 5.41) is 0. The van der Waals surface area contributed by atoms with Crippen LogP contribution in [-0.4, -0.2) is 6.61 Å². The molecule has 0 aromatic rings. The fourth-order valence-corrected chi connectivity index (χ4v) is 1.30. The minimum absolute atomic E-state index is 0. The van der Waals surface area contributed by atoms with Crippen LogP contribution < -0.4 is 0 Å². The summed E-state index contributed by atoms with van der Waals surface area (Å²) in [6.45, 7) is 10.8. The van der Waals surface area contributed by atoms with Crippen LogP contribution in [0.5, 0.6) is 0 Å². The van der Waals surface area contributed by atoms with Crippen molar-refractivity contribution in [2.45, 2.75) is 47.5 Å². The van der Waals surface area contributed by atoms with Gasteiger partial charge in [-0.1, -0.05) is 13.8 Å². The normalized spacial score (nSPS) is 15.7. The Morgan fingerprint density at radius 3 is 1.37 bits per heavy atom. The Kier molecular flexibility index (Phi) is 14.7. The molecule has 0 saturated heterocycles. The molecule has 0 aromatic carbocycles. The average Bonchev–Trinajstić information content (AvgIpc) is 2.91. The molecular formula is C16H23ClHfO+2. The largest absolute Gasteiger partial charge is 4.00 e. The predicted molar refractivity (Wildman–Crippen MR) is 79.1 cm³/mol. The molecule has 0 aliphatic heterocycles. The average molecular weight is 445 g/mol. The van der Waals surface area contributed by atoms with Crippen molar-refractivity contribution < 1.29 is 30.1 Å². The monoisotopic (exact) mass is 446 g/mol. The van der Waals surface area contributed by atoms with Gasteiger partial charge in [0.1, 0.15) is 0 Å². The molecule has 102 valence electrons. The molecular weight excluding hydrogens is 422 g/mol. The van der Waals surface area contributed by atoms with E-state index >= 15 is 0 Å².